The highest BCUT2D eigenvalue weighted by Gasteiger charge is 2.21. The Morgan fingerprint density at radius 1 is 1.43 bits per heavy atom. The molecule has 5 heteroatoms. The van der Waals surface area contributed by atoms with Gasteiger partial charge in [0.25, 0.3) is 0 Å². The second-order valence-corrected chi connectivity index (χ2v) is 5.86. The largest absolute Gasteiger partial charge is 0.343 e. The van der Waals surface area contributed by atoms with E-state index in [1.165, 1.54) is 6.07 Å². The third-order valence-corrected chi connectivity index (χ3v) is 3.89. The van der Waals surface area contributed by atoms with Crippen LogP contribution in [0.5, 0.6) is 0 Å². The minimum Gasteiger partial charge on any atom is -0.343 e. The van der Waals surface area contributed by atoms with E-state index < -0.39 is 0 Å². The number of piperidine rings is 1. The Bertz CT molecular complexity index is 461. The molecule has 118 valence electrons. The van der Waals surface area contributed by atoms with E-state index in [9.17, 15) is 9.18 Å². The molecular weight excluding hydrogens is 291 g/mol. The van der Waals surface area contributed by atoms with Gasteiger partial charge in [-0.05, 0) is 42.9 Å². The lowest BCUT2D eigenvalue weighted by Crippen LogP contribution is -2.43. The van der Waals surface area contributed by atoms with Crippen molar-refractivity contribution in [2.24, 2.45) is 11.7 Å². The van der Waals surface area contributed by atoms with E-state index in [1.807, 2.05) is 17.9 Å². The van der Waals surface area contributed by atoms with E-state index in [-0.39, 0.29) is 36.1 Å². The van der Waals surface area contributed by atoms with Gasteiger partial charge in [-0.1, -0.05) is 19.1 Å². The van der Waals surface area contributed by atoms with Crippen LogP contribution in [0.25, 0.3) is 0 Å². The summed E-state index contributed by atoms with van der Waals surface area (Å²) in [6.07, 6.45) is 3.04. The number of rotatable bonds is 4. The Hall–Kier alpha value is -1.13. The zero-order valence-electron chi connectivity index (χ0n) is 12.4. The molecule has 0 bridgehead atoms. The van der Waals surface area contributed by atoms with Crippen LogP contribution in [0.1, 0.15) is 31.7 Å². The van der Waals surface area contributed by atoms with Crippen molar-refractivity contribution in [3.05, 3.63) is 35.6 Å². The summed E-state index contributed by atoms with van der Waals surface area (Å²) < 4.78 is 13.1. The Balaban J connectivity index is 0.00000220. The SMILES string of the molecule is CC(CC(=O)N1CCC(N)CC1)Cc1cccc(F)c1.Cl. The molecule has 1 unspecified atom stereocenters. The van der Waals surface area contributed by atoms with E-state index in [4.69, 9.17) is 5.73 Å². The second-order valence-electron chi connectivity index (χ2n) is 5.86. The minimum atomic E-state index is -0.217. The fraction of sp³-hybridized carbons (Fsp3) is 0.562. The number of hydrogen-bond acceptors (Lipinski definition) is 2. The highest BCUT2D eigenvalue weighted by atomic mass is 35.5. The number of halogens is 2. The first-order valence-corrected chi connectivity index (χ1v) is 7.32. The Labute approximate surface area is 132 Å². The number of hydrogen-bond donors (Lipinski definition) is 1. The number of carbonyl (C=O) groups is 1. The van der Waals surface area contributed by atoms with Crippen LogP contribution >= 0.6 is 12.4 Å². The van der Waals surface area contributed by atoms with Crippen molar-refractivity contribution in [1.29, 1.82) is 0 Å². The first-order chi connectivity index (χ1) is 9.54. The summed E-state index contributed by atoms with van der Waals surface area (Å²) >= 11 is 0. The number of nitrogens with zero attached hydrogens (tertiary/aromatic N) is 1. The molecule has 0 saturated carbocycles. The molecule has 1 aliphatic heterocycles. The monoisotopic (exact) mass is 314 g/mol. The molecule has 1 fully saturated rings. The fourth-order valence-corrected chi connectivity index (χ4v) is 2.71. The molecule has 1 atom stereocenters. The molecular formula is C16H24ClFN2O. The lowest BCUT2D eigenvalue weighted by Gasteiger charge is -2.31. The molecule has 2 N–H and O–H groups in total. The molecule has 1 saturated heterocycles. The highest BCUT2D eigenvalue weighted by Crippen LogP contribution is 2.16. The molecule has 1 aliphatic rings. The predicted molar refractivity (Wildman–Crippen MR) is 84.9 cm³/mol. The summed E-state index contributed by atoms with van der Waals surface area (Å²) in [6, 6.07) is 6.84. The summed E-state index contributed by atoms with van der Waals surface area (Å²) in [5, 5.41) is 0. The summed E-state index contributed by atoms with van der Waals surface area (Å²) in [4.78, 5) is 14.1. The van der Waals surface area contributed by atoms with Crippen molar-refractivity contribution in [2.45, 2.75) is 38.6 Å². The fourth-order valence-electron chi connectivity index (χ4n) is 2.71. The maximum absolute atomic E-state index is 13.1. The van der Waals surface area contributed by atoms with Gasteiger partial charge in [0.2, 0.25) is 5.91 Å². The maximum Gasteiger partial charge on any atom is 0.222 e. The van der Waals surface area contributed by atoms with Crippen molar-refractivity contribution in [3.8, 4) is 0 Å². The van der Waals surface area contributed by atoms with Gasteiger partial charge < -0.3 is 10.6 Å². The van der Waals surface area contributed by atoms with E-state index in [0.29, 0.717) is 6.42 Å². The Kier molecular flexibility index (Phi) is 7.12. The topological polar surface area (TPSA) is 46.3 Å². The van der Waals surface area contributed by atoms with Crippen molar-refractivity contribution in [3.63, 3.8) is 0 Å². The smallest absolute Gasteiger partial charge is 0.222 e. The third kappa shape index (κ3) is 5.64. The Morgan fingerprint density at radius 3 is 2.71 bits per heavy atom. The quantitative estimate of drug-likeness (QED) is 0.929. The molecule has 21 heavy (non-hydrogen) atoms. The predicted octanol–water partition coefficient (Wildman–Crippen LogP) is 2.77. The van der Waals surface area contributed by atoms with E-state index >= 15 is 0 Å². The summed E-state index contributed by atoms with van der Waals surface area (Å²) in [7, 11) is 0. The molecule has 1 aromatic carbocycles. The van der Waals surface area contributed by atoms with Crippen molar-refractivity contribution >= 4 is 18.3 Å². The first kappa shape index (κ1) is 17.9. The number of amides is 1. The van der Waals surface area contributed by atoms with Gasteiger partial charge in [-0.25, -0.2) is 4.39 Å². The van der Waals surface area contributed by atoms with E-state index in [0.717, 1.165) is 37.9 Å². The average Bonchev–Trinajstić information content (AvgIpc) is 2.39. The second kappa shape index (κ2) is 8.35. The van der Waals surface area contributed by atoms with E-state index in [2.05, 4.69) is 0 Å². The zero-order chi connectivity index (χ0) is 14.5. The summed E-state index contributed by atoms with van der Waals surface area (Å²) in [5.74, 6) is 0.201. The molecule has 1 heterocycles. The summed E-state index contributed by atoms with van der Waals surface area (Å²) in [6.45, 7) is 3.58. The summed E-state index contributed by atoms with van der Waals surface area (Å²) in [5.41, 5.74) is 6.79. The zero-order valence-corrected chi connectivity index (χ0v) is 13.2. The number of likely N-dealkylation sites (tertiary alicyclic amines) is 1. The molecule has 0 radical (unpaired) electrons. The maximum atomic E-state index is 13.1. The van der Waals surface area contributed by atoms with Gasteiger partial charge in [-0.2, -0.15) is 0 Å². The van der Waals surface area contributed by atoms with Gasteiger partial charge >= 0.3 is 0 Å². The van der Waals surface area contributed by atoms with Gasteiger partial charge in [0.15, 0.2) is 0 Å². The molecule has 0 aliphatic carbocycles. The third-order valence-electron chi connectivity index (χ3n) is 3.89. The van der Waals surface area contributed by atoms with Gasteiger partial charge in [-0.15, -0.1) is 12.4 Å². The van der Waals surface area contributed by atoms with Crippen LogP contribution in [0.2, 0.25) is 0 Å². The molecule has 1 amide bonds. The van der Waals surface area contributed by atoms with Crippen LogP contribution < -0.4 is 5.73 Å². The van der Waals surface area contributed by atoms with Gasteiger partial charge in [0.1, 0.15) is 5.82 Å². The lowest BCUT2D eigenvalue weighted by molar-refractivity contribution is -0.133. The lowest BCUT2D eigenvalue weighted by atomic mass is 9.96. The van der Waals surface area contributed by atoms with Crippen LogP contribution in [0.3, 0.4) is 0 Å². The van der Waals surface area contributed by atoms with Gasteiger partial charge in [0, 0.05) is 25.6 Å². The van der Waals surface area contributed by atoms with Crippen molar-refractivity contribution in [1.82, 2.24) is 4.90 Å². The van der Waals surface area contributed by atoms with Crippen LogP contribution in [0, 0.1) is 11.7 Å². The number of benzene rings is 1. The number of carbonyl (C=O) groups excluding carboxylic acids is 1. The van der Waals surface area contributed by atoms with Crippen LogP contribution in [-0.4, -0.2) is 29.9 Å². The standard InChI is InChI=1S/C16H23FN2O.ClH/c1-12(9-13-3-2-4-14(17)11-13)10-16(20)19-7-5-15(18)6-8-19;/h2-4,11-12,15H,5-10,18H2,1H3;1H. The number of nitrogens with two attached hydrogens (primary N) is 1. The van der Waals surface area contributed by atoms with Crippen LogP contribution in [-0.2, 0) is 11.2 Å². The average molecular weight is 315 g/mol. The van der Waals surface area contributed by atoms with Crippen LogP contribution in [0.15, 0.2) is 24.3 Å². The molecule has 0 spiro atoms. The van der Waals surface area contributed by atoms with Gasteiger partial charge in [-0.3, -0.25) is 4.79 Å². The van der Waals surface area contributed by atoms with Crippen LogP contribution in [0.4, 0.5) is 4.39 Å². The van der Waals surface area contributed by atoms with Gasteiger partial charge in [0.05, 0.1) is 0 Å². The van der Waals surface area contributed by atoms with E-state index in [1.54, 1.807) is 12.1 Å². The Morgan fingerprint density at radius 2 is 2.10 bits per heavy atom. The highest BCUT2D eigenvalue weighted by molar-refractivity contribution is 5.85. The molecule has 1 aromatic rings. The first-order valence-electron chi connectivity index (χ1n) is 7.32. The normalized spacial score (nSPS) is 17.2. The van der Waals surface area contributed by atoms with Crippen molar-refractivity contribution < 1.29 is 9.18 Å². The molecule has 0 aromatic heterocycles. The minimum absolute atomic E-state index is 0. The molecule has 2 rings (SSSR count). The molecule has 3 nitrogen and oxygen atoms in total. The van der Waals surface area contributed by atoms with Crippen molar-refractivity contribution in [2.75, 3.05) is 13.1 Å².